The van der Waals surface area contributed by atoms with Crippen LogP contribution >= 0.6 is 0 Å². The predicted octanol–water partition coefficient (Wildman–Crippen LogP) is 2.36. The summed E-state index contributed by atoms with van der Waals surface area (Å²) >= 11 is 0. The number of aromatic nitrogens is 2. The van der Waals surface area contributed by atoms with Crippen LogP contribution in [0.3, 0.4) is 0 Å². The maximum absolute atomic E-state index is 10.3. The number of hydrogen-bond acceptors (Lipinski definition) is 3. The number of benzene rings is 1. The first kappa shape index (κ1) is 13.6. The number of β-amino-alcohol motifs (C(OH)–C–C–N with tert-alkyl or cyclic N) is 1. The second-order valence-electron chi connectivity index (χ2n) is 6.11. The molecule has 1 aliphatic rings. The van der Waals surface area contributed by atoms with E-state index >= 15 is 0 Å². The fourth-order valence-electron chi connectivity index (χ4n) is 3.11. The monoisotopic (exact) mass is 273 g/mol. The molecule has 0 saturated carbocycles. The maximum atomic E-state index is 10.3. The molecular formula is C16H23N3O. The standard InChI is InChI=1S/C16H23N3O/c1-10(2)16-18-12-8-11(3)4-5-13(12)19(16)14-6-7-17-9-15(14)20/h4-5,8,10,14-15,17,20H,6-7,9H2,1-3H3. The summed E-state index contributed by atoms with van der Waals surface area (Å²) in [6.45, 7) is 8.03. The van der Waals surface area contributed by atoms with Crippen LogP contribution in [0, 0.1) is 6.92 Å². The summed E-state index contributed by atoms with van der Waals surface area (Å²) in [5.74, 6) is 1.43. The van der Waals surface area contributed by atoms with E-state index in [9.17, 15) is 5.11 Å². The molecule has 108 valence electrons. The Morgan fingerprint density at radius 1 is 1.40 bits per heavy atom. The van der Waals surface area contributed by atoms with Crippen molar-refractivity contribution in [2.45, 2.75) is 45.3 Å². The SMILES string of the molecule is Cc1ccc2c(c1)nc(C(C)C)n2C1CCNCC1O. The van der Waals surface area contributed by atoms with Crippen molar-refractivity contribution in [2.75, 3.05) is 13.1 Å². The molecule has 2 N–H and O–H groups in total. The third-order valence-corrected chi connectivity index (χ3v) is 4.13. The summed E-state index contributed by atoms with van der Waals surface area (Å²) in [7, 11) is 0. The zero-order chi connectivity index (χ0) is 14.3. The average molecular weight is 273 g/mol. The van der Waals surface area contributed by atoms with E-state index in [-0.39, 0.29) is 12.1 Å². The van der Waals surface area contributed by atoms with Gasteiger partial charge in [0.05, 0.1) is 23.2 Å². The highest BCUT2D eigenvalue weighted by Gasteiger charge is 2.28. The Bertz CT molecular complexity index is 617. The molecule has 1 saturated heterocycles. The number of nitrogens with one attached hydrogen (secondary N) is 1. The molecule has 2 atom stereocenters. The summed E-state index contributed by atoms with van der Waals surface area (Å²) in [6.07, 6.45) is 0.597. The van der Waals surface area contributed by atoms with Gasteiger partial charge in [-0.25, -0.2) is 4.98 Å². The first-order chi connectivity index (χ1) is 9.58. The smallest absolute Gasteiger partial charge is 0.112 e. The Balaban J connectivity index is 2.18. The topological polar surface area (TPSA) is 50.1 Å². The Hall–Kier alpha value is -1.39. The second kappa shape index (κ2) is 5.19. The molecule has 0 spiro atoms. The van der Waals surface area contributed by atoms with Gasteiger partial charge in [-0.15, -0.1) is 0 Å². The Labute approximate surface area is 119 Å². The zero-order valence-electron chi connectivity index (χ0n) is 12.4. The largest absolute Gasteiger partial charge is 0.390 e. The Morgan fingerprint density at radius 2 is 2.20 bits per heavy atom. The van der Waals surface area contributed by atoms with E-state index in [1.807, 2.05) is 0 Å². The fraction of sp³-hybridized carbons (Fsp3) is 0.562. The van der Waals surface area contributed by atoms with Crippen LogP contribution in [0.5, 0.6) is 0 Å². The lowest BCUT2D eigenvalue weighted by molar-refractivity contribution is 0.0873. The number of aryl methyl sites for hydroxylation is 1. The van der Waals surface area contributed by atoms with Gasteiger partial charge in [0.25, 0.3) is 0 Å². The highest BCUT2D eigenvalue weighted by molar-refractivity contribution is 5.77. The van der Waals surface area contributed by atoms with Gasteiger partial charge in [-0.2, -0.15) is 0 Å². The first-order valence-corrected chi connectivity index (χ1v) is 7.45. The lowest BCUT2D eigenvalue weighted by Crippen LogP contribution is -2.42. The van der Waals surface area contributed by atoms with Crippen LogP contribution < -0.4 is 5.32 Å². The van der Waals surface area contributed by atoms with Crippen molar-refractivity contribution in [1.29, 1.82) is 0 Å². The van der Waals surface area contributed by atoms with Crippen molar-refractivity contribution in [3.8, 4) is 0 Å². The summed E-state index contributed by atoms with van der Waals surface area (Å²) in [6, 6.07) is 6.52. The van der Waals surface area contributed by atoms with Gasteiger partial charge in [0.15, 0.2) is 0 Å². The number of nitrogens with zero attached hydrogens (tertiary/aromatic N) is 2. The highest BCUT2D eigenvalue weighted by atomic mass is 16.3. The maximum Gasteiger partial charge on any atom is 0.112 e. The third kappa shape index (κ3) is 2.23. The molecule has 2 aromatic rings. The average Bonchev–Trinajstić information content (AvgIpc) is 2.78. The van der Waals surface area contributed by atoms with Crippen molar-refractivity contribution in [3.05, 3.63) is 29.6 Å². The van der Waals surface area contributed by atoms with E-state index in [0.29, 0.717) is 12.5 Å². The molecule has 1 aromatic carbocycles. The van der Waals surface area contributed by atoms with Crippen LogP contribution in [0.25, 0.3) is 11.0 Å². The second-order valence-corrected chi connectivity index (χ2v) is 6.11. The lowest BCUT2D eigenvalue weighted by Gasteiger charge is -2.31. The van der Waals surface area contributed by atoms with Crippen LogP contribution in [0.1, 0.15) is 43.6 Å². The van der Waals surface area contributed by atoms with E-state index in [2.05, 4.69) is 48.9 Å². The summed E-state index contributed by atoms with van der Waals surface area (Å²) in [4.78, 5) is 4.81. The molecule has 4 heteroatoms. The van der Waals surface area contributed by atoms with Crippen LogP contribution in [0.15, 0.2) is 18.2 Å². The van der Waals surface area contributed by atoms with E-state index in [4.69, 9.17) is 4.98 Å². The lowest BCUT2D eigenvalue weighted by atomic mass is 10.0. The molecule has 20 heavy (non-hydrogen) atoms. The summed E-state index contributed by atoms with van der Waals surface area (Å²) < 4.78 is 2.27. The van der Waals surface area contributed by atoms with Crippen molar-refractivity contribution in [3.63, 3.8) is 0 Å². The van der Waals surface area contributed by atoms with Crippen LogP contribution in [0.4, 0.5) is 0 Å². The quantitative estimate of drug-likeness (QED) is 0.883. The minimum atomic E-state index is -0.347. The molecule has 2 unspecified atom stereocenters. The molecule has 0 aliphatic carbocycles. The Kier molecular flexibility index (Phi) is 3.52. The van der Waals surface area contributed by atoms with Gasteiger partial charge >= 0.3 is 0 Å². The number of hydrogen-bond donors (Lipinski definition) is 2. The van der Waals surface area contributed by atoms with Crippen molar-refractivity contribution < 1.29 is 5.11 Å². The predicted molar refractivity (Wildman–Crippen MR) is 81.1 cm³/mol. The molecular weight excluding hydrogens is 250 g/mol. The number of aliphatic hydroxyl groups is 1. The molecule has 4 nitrogen and oxygen atoms in total. The van der Waals surface area contributed by atoms with Crippen LogP contribution in [0.2, 0.25) is 0 Å². The van der Waals surface area contributed by atoms with Gasteiger partial charge in [0.2, 0.25) is 0 Å². The van der Waals surface area contributed by atoms with Crippen LogP contribution in [-0.2, 0) is 0 Å². The van der Waals surface area contributed by atoms with Crippen molar-refractivity contribution in [1.82, 2.24) is 14.9 Å². The van der Waals surface area contributed by atoms with Gasteiger partial charge in [0.1, 0.15) is 5.82 Å². The molecule has 1 aliphatic heterocycles. The van der Waals surface area contributed by atoms with Gasteiger partial charge in [-0.1, -0.05) is 19.9 Å². The summed E-state index contributed by atoms with van der Waals surface area (Å²) in [5.41, 5.74) is 3.41. The summed E-state index contributed by atoms with van der Waals surface area (Å²) in [5, 5.41) is 13.6. The van der Waals surface area contributed by atoms with E-state index < -0.39 is 0 Å². The molecule has 1 fully saturated rings. The third-order valence-electron chi connectivity index (χ3n) is 4.13. The van der Waals surface area contributed by atoms with Gasteiger partial charge in [-0.3, -0.25) is 0 Å². The molecule has 0 radical (unpaired) electrons. The van der Waals surface area contributed by atoms with Crippen molar-refractivity contribution >= 4 is 11.0 Å². The van der Waals surface area contributed by atoms with Crippen molar-refractivity contribution in [2.24, 2.45) is 0 Å². The van der Waals surface area contributed by atoms with E-state index in [1.54, 1.807) is 0 Å². The Morgan fingerprint density at radius 3 is 2.90 bits per heavy atom. The number of rotatable bonds is 2. The highest BCUT2D eigenvalue weighted by Crippen LogP contribution is 2.30. The molecule has 2 heterocycles. The first-order valence-electron chi connectivity index (χ1n) is 7.45. The minimum absolute atomic E-state index is 0.126. The van der Waals surface area contributed by atoms with Crippen LogP contribution in [-0.4, -0.2) is 33.9 Å². The number of fused-ring (bicyclic) bond motifs is 1. The van der Waals surface area contributed by atoms with E-state index in [1.165, 1.54) is 5.56 Å². The molecule has 1 aromatic heterocycles. The van der Waals surface area contributed by atoms with Gasteiger partial charge < -0.3 is 15.0 Å². The fourth-order valence-corrected chi connectivity index (χ4v) is 3.11. The number of piperidine rings is 1. The molecule has 0 amide bonds. The van der Waals surface area contributed by atoms with Gasteiger partial charge in [-0.05, 0) is 37.6 Å². The number of imidazole rings is 1. The minimum Gasteiger partial charge on any atom is -0.390 e. The van der Waals surface area contributed by atoms with E-state index in [0.717, 1.165) is 29.8 Å². The van der Waals surface area contributed by atoms with Gasteiger partial charge in [0, 0.05) is 12.5 Å². The number of aliphatic hydroxyl groups excluding tert-OH is 1. The zero-order valence-corrected chi connectivity index (χ0v) is 12.4. The molecule has 3 rings (SSSR count). The molecule has 0 bridgehead atoms. The normalized spacial score (nSPS) is 23.6.